The van der Waals surface area contributed by atoms with Gasteiger partial charge in [-0.15, -0.1) is 24.0 Å². The molecule has 1 aliphatic heterocycles. The normalized spacial score (nSPS) is 19.3. The van der Waals surface area contributed by atoms with Gasteiger partial charge in [0.05, 0.1) is 19.8 Å². The van der Waals surface area contributed by atoms with Crippen LogP contribution in [0.3, 0.4) is 0 Å². The predicted octanol–water partition coefficient (Wildman–Crippen LogP) is 1.70. The first-order chi connectivity index (χ1) is 10.8. The van der Waals surface area contributed by atoms with Crippen molar-refractivity contribution in [1.82, 2.24) is 15.5 Å². The first-order valence-electron chi connectivity index (χ1n) is 8.57. The van der Waals surface area contributed by atoms with Gasteiger partial charge in [-0.05, 0) is 25.8 Å². The van der Waals surface area contributed by atoms with Gasteiger partial charge >= 0.3 is 0 Å². The third-order valence-electron chi connectivity index (χ3n) is 4.11. The van der Waals surface area contributed by atoms with Gasteiger partial charge in [-0.1, -0.05) is 13.3 Å². The van der Waals surface area contributed by atoms with E-state index in [0.29, 0.717) is 19.8 Å². The molecule has 0 aliphatic carbocycles. The van der Waals surface area contributed by atoms with Crippen LogP contribution >= 0.6 is 24.0 Å². The van der Waals surface area contributed by atoms with Crippen LogP contribution in [0, 0.1) is 0 Å². The van der Waals surface area contributed by atoms with Crippen LogP contribution in [-0.4, -0.2) is 77.1 Å². The Bertz CT molecular complexity index is 306. The van der Waals surface area contributed by atoms with E-state index in [4.69, 9.17) is 9.47 Å². The van der Waals surface area contributed by atoms with Crippen LogP contribution in [-0.2, 0) is 9.47 Å². The second-order valence-electron chi connectivity index (χ2n) is 5.62. The Balaban J connectivity index is 0.00000484. The summed E-state index contributed by atoms with van der Waals surface area (Å²) in [5, 5.41) is 6.64. The van der Waals surface area contributed by atoms with Gasteiger partial charge in [-0.25, -0.2) is 0 Å². The summed E-state index contributed by atoms with van der Waals surface area (Å²) in [6.07, 6.45) is 5.32. The maximum atomic E-state index is 5.42. The van der Waals surface area contributed by atoms with E-state index in [9.17, 15) is 0 Å². The lowest BCUT2D eigenvalue weighted by Crippen LogP contribution is -2.46. The van der Waals surface area contributed by atoms with Crippen molar-refractivity contribution in [1.29, 1.82) is 0 Å². The van der Waals surface area contributed by atoms with Crippen molar-refractivity contribution >= 4 is 29.9 Å². The molecular formula is C16H35IN4O2. The first kappa shape index (κ1) is 22.9. The SMILES string of the molecule is CCC1CCCCN1CCNC(=NC)NCCOCCOC.I. The molecule has 6 nitrogen and oxygen atoms in total. The molecule has 0 bridgehead atoms. The van der Waals surface area contributed by atoms with Crippen LogP contribution in [0.5, 0.6) is 0 Å². The second-order valence-corrected chi connectivity index (χ2v) is 5.62. The molecule has 0 radical (unpaired) electrons. The average Bonchev–Trinajstić information content (AvgIpc) is 2.56. The van der Waals surface area contributed by atoms with Gasteiger partial charge in [-0.2, -0.15) is 0 Å². The fourth-order valence-electron chi connectivity index (χ4n) is 2.84. The Labute approximate surface area is 158 Å². The van der Waals surface area contributed by atoms with Gasteiger partial charge in [0.2, 0.25) is 0 Å². The standard InChI is InChI=1S/C16H34N4O2.HI/c1-4-15-7-5-6-10-20(15)11-8-18-16(17-2)19-9-12-22-14-13-21-3;/h15H,4-14H2,1-3H3,(H2,17,18,19);1H. The fourth-order valence-corrected chi connectivity index (χ4v) is 2.84. The third kappa shape index (κ3) is 10.4. The zero-order valence-corrected chi connectivity index (χ0v) is 17.3. The van der Waals surface area contributed by atoms with E-state index in [2.05, 4.69) is 27.4 Å². The molecule has 0 saturated carbocycles. The highest BCUT2D eigenvalue weighted by molar-refractivity contribution is 14.0. The Morgan fingerprint density at radius 1 is 1.17 bits per heavy atom. The number of hydrogen-bond acceptors (Lipinski definition) is 4. The summed E-state index contributed by atoms with van der Waals surface area (Å²) in [4.78, 5) is 6.85. The van der Waals surface area contributed by atoms with Gasteiger partial charge in [0.15, 0.2) is 5.96 Å². The van der Waals surface area contributed by atoms with Crippen molar-refractivity contribution in [2.24, 2.45) is 4.99 Å². The number of piperidine rings is 1. The summed E-state index contributed by atoms with van der Waals surface area (Å²) >= 11 is 0. The van der Waals surface area contributed by atoms with Gasteiger partial charge < -0.3 is 20.1 Å². The van der Waals surface area contributed by atoms with E-state index in [-0.39, 0.29) is 24.0 Å². The van der Waals surface area contributed by atoms with Gasteiger partial charge in [0.25, 0.3) is 0 Å². The quantitative estimate of drug-likeness (QED) is 0.234. The molecule has 1 aliphatic rings. The van der Waals surface area contributed by atoms with E-state index < -0.39 is 0 Å². The number of rotatable bonds is 10. The van der Waals surface area contributed by atoms with E-state index in [1.54, 1.807) is 14.2 Å². The predicted molar refractivity (Wildman–Crippen MR) is 107 cm³/mol. The number of aliphatic imine (C=N–C) groups is 1. The Kier molecular flexibility index (Phi) is 15.3. The molecular weight excluding hydrogens is 407 g/mol. The summed E-state index contributed by atoms with van der Waals surface area (Å²) in [7, 11) is 3.48. The zero-order chi connectivity index (χ0) is 16.0. The minimum Gasteiger partial charge on any atom is -0.382 e. The highest BCUT2D eigenvalue weighted by Gasteiger charge is 2.19. The smallest absolute Gasteiger partial charge is 0.191 e. The summed E-state index contributed by atoms with van der Waals surface area (Å²) in [5.41, 5.74) is 0. The average molecular weight is 442 g/mol. The van der Waals surface area contributed by atoms with E-state index in [0.717, 1.165) is 31.6 Å². The van der Waals surface area contributed by atoms with Crippen LogP contribution in [0.2, 0.25) is 0 Å². The van der Waals surface area contributed by atoms with Crippen molar-refractivity contribution in [3.8, 4) is 0 Å². The largest absolute Gasteiger partial charge is 0.382 e. The number of hydrogen-bond donors (Lipinski definition) is 2. The molecule has 1 rings (SSSR count). The summed E-state index contributed by atoms with van der Waals surface area (Å²) in [6.45, 7) is 8.24. The number of nitrogens with zero attached hydrogens (tertiary/aromatic N) is 2. The number of halogens is 1. The minimum atomic E-state index is 0. The molecule has 23 heavy (non-hydrogen) atoms. The fraction of sp³-hybridized carbons (Fsp3) is 0.938. The molecule has 1 atom stereocenters. The molecule has 138 valence electrons. The van der Waals surface area contributed by atoms with Gasteiger partial charge in [-0.3, -0.25) is 9.89 Å². The van der Waals surface area contributed by atoms with Gasteiger partial charge in [0, 0.05) is 39.8 Å². The number of ether oxygens (including phenoxy) is 2. The number of methoxy groups -OCH3 is 1. The lowest BCUT2D eigenvalue weighted by molar-refractivity contribution is 0.0733. The molecule has 1 heterocycles. The van der Waals surface area contributed by atoms with Crippen molar-refractivity contribution in [2.75, 3.05) is 60.2 Å². The Morgan fingerprint density at radius 3 is 2.65 bits per heavy atom. The first-order valence-corrected chi connectivity index (χ1v) is 8.57. The minimum absolute atomic E-state index is 0. The summed E-state index contributed by atoms with van der Waals surface area (Å²) in [5.74, 6) is 0.848. The van der Waals surface area contributed by atoms with Crippen LogP contribution in [0.15, 0.2) is 4.99 Å². The molecule has 0 spiro atoms. The molecule has 1 fully saturated rings. The second kappa shape index (κ2) is 15.4. The molecule has 0 aromatic heterocycles. The Hall–Kier alpha value is -0.120. The summed E-state index contributed by atoms with van der Waals surface area (Å²) < 4.78 is 10.4. The molecule has 0 amide bonds. The summed E-state index contributed by atoms with van der Waals surface area (Å²) in [6, 6.07) is 0.764. The van der Waals surface area contributed by atoms with Gasteiger partial charge in [0.1, 0.15) is 0 Å². The number of nitrogens with one attached hydrogen (secondary N) is 2. The Morgan fingerprint density at radius 2 is 1.96 bits per heavy atom. The van der Waals surface area contributed by atoms with E-state index >= 15 is 0 Å². The molecule has 1 saturated heterocycles. The molecule has 7 heteroatoms. The number of guanidine groups is 1. The molecule has 1 unspecified atom stereocenters. The van der Waals surface area contributed by atoms with Crippen molar-refractivity contribution < 1.29 is 9.47 Å². The highest BCUT2D eigenvalue weighted by Crippen LogP contribution is 2.18. The van der Waals surface area contributed by atoms with Crippen LogP contribution in [0.1, 0.15) is 32.6 Å². The maximum absolute atomic E-state index is 5.42. The molecule has 0 aromatic carbocycles. The maximum Gasteiger partial charge on any atom is 0.191 e. The lowest BCUT2D eigenvalue weighted by Gasteiger charge is -2.35. The lowest BCUT2D eigenvalue weighted by atomic mass is 10.0. The molecule has 2 N–H and O–H groups in total. The van der Waals surface area contributed by atoms with Crippen LogP contribution in [0.4, 0.5) is 0 Å². The van der Waals surface area contributed by atoms with Crippen molar-refractivity contribution in [2.45, 2.75) is 38.6 Å². The van der Waals surface area contributed by atoms with E-state index in [1.807, 2.05) is 0 Å². The number of likely N-dealkylation sites (tertiary alicyclic amines) is 1. The highest BCUT2D eigenvalue weighted by atomic mass is 127. The van der Waals surface area contributed by atoms with Crippen molar-refractivity contribution in [3.63, 3.8) is 0 Å². The molecule has 0 aromatic rings. The van der Waals surface area contributed by atoms with Crippen LogP contribution < -0.4 is 10.6 Å². The zero-order valence-electron chi connectivity index (χ0n) is 15.0. The topological polar surface area (TPSA) is 58.1 Å². The third-order valence-corrected chi connectivity index (χ3v) is 4.11. The monoisotopic (exact) mass is 442 g/mol. The van der Waals surface area contributed by atoms with E-state index in [1.165, 1.54) is 32.2 Å². The van der Waals surface area contributed by atoms with Crippen LogP contribution in [0.25, 0.3) is 0 Å². The van der Waals surface area contributed by atoms with Crippen molar-refractivity contribution in [3.05, 3.63) is 0 Å².